The molecule has 1 aromatic carbocycles. The molecule has 7 nitrogen and oxygen atoms in total. The second-order valence-electron chi connectivity index (χ2n) is 6.94. The normalized spacial score (nSPS) is 11.8. The highest BCUT2D eigenvalue weighted by Gasteiger charge is 2.26. The van der Waals surface area contributed by atoms with Gasteiger partial charge in [0.1, 0.15) is 12.6 Å². The molecule has 0 aliphatic carbocycles. The Morgan fingerprint density at radius 3 is 2.48 bits per heavy atom. The lowest BCUT2D eigenvalue weighted by Gasteiger charge is -2.20. The number of hydrogen-bond acceptors (Lipinski definition) is 6. The molecule has 2 amide bonds. The van der Waals surface area contributed by atoms with Gasteiger partial charge in [0.05, 0.1) is 12.1 Å². The number of thiazole rings is 1. The Balaban J connectivity index is 1.93. The quantitative estimate of drug-likeness (QED) is 0.634. The van der Waals surface area contributed by atoms with Crippen molar-refractivity contribution >= 4 is 34.3 Å². The summed E-state index contributed by atoms with van der Waals surface area (Å²) in [6.45, 7) is 7.56. The van der Waals surface area contributed by atoms with E-state index in [1.807, 2.05) is 51.1 Å². The molecule has 2 aromatic rings. The highest BCUT2D eigenvalue weighted by atomic mass is 32.1. The SMILES string of the molecule is CCN(C(C)=O)c1nc(COC(=O)[C@@H](NC(=O)Cc2ccccc2)C(C)C)cs1. The lowest BCUT2D eigenvalue weighted by atomic mass is 10.0. The molecule has 1 N–H and O–H groups in total. The summed E-state index contributed by atoms with van der Waals surface area (Å²) in [5.74, 6) is -0.953. The van der Waals surface area contributed by atoms with Gasteiger partial charge in [-0.15, -0.1) is 11.3 Å². The minimum Gasteiger partial charge on any atom is -0.458 e. The van der Waals surface area contributed by atoms with Gasteiger partial charge in [0.2, 0.25) is 11.8 Å². The third-order valence-electron chi connectivity index (χ3n) is 4.27. The van der Waals surface area contributed by atoms with Gasteiger partial charge in [-0.3, -0.25) is 14.5 Å². The Morgan fingerprint density at radius 1 is 1.21 bits per heavy atom. The van der Waals surface area contributed by atoms with Crippen LogP contribution in [0.1, 0.15) is 39.0 Å². The summed E-state index contributed by atoms with van der Waals surface area (Å²) in [6, 6.07) is 8.60. The number of nitrogens with zero attached hydrogens (tertiary/aromatic N) is 2. The maximum Gasteiger partial charge on any atom is 0.329 e. The maximum absolute atomic E-state index is 12.5. The molecule has 1 heterocycles. The molecule has 0 spiro atoms. The molecule has 0 bridgehead atoms. The van der Waals surface area contributed by atoms with Crippen molar-refractivity contribution in [3.05, 3.63) is 47.0 Å². The lowest BCUT2D eigenvalue weighted by molar-refractivity contribution is -0.150. The molecule has 0 unspecified atom stereocenters. The molecule has 0 aliphatic heterocycles. The van der Waals surface area contributed by atoms with Gasteiger partial charge in [-0.2, -0.15) is 0 Å². The first-order valence-electron chi connectivity index (χ1n) is 9.54. The predicted octanol–water partition coefficient (Wildman–Crippen LogP) is 2.94. The number of amides is 2. The van der Waals surface area contributed by atoms with Gasteiger partial charge in [-0.1, -0.05) is 44.2 Å². The topological polar surface area (TPSA) is 88.6 Å². The van der Waals surface area contributed by atoms with Gasteiger partial charge in [-0.25, -0.2) is 9.78 Å². The number of anilines is 1. The molecule has 1 atom stereocenters. The fourth-order valence-corrected chi connectivity index (χ4v) is 3.63. The standard InChI is InChI=1S/C21H27N3O4S/c1-5-24(15(4)25)21-22-17(13-29-21)12-28-20(27)19(14(2)3)23-18(26)11-16-9-7-6-8-10-16/h6-10,13-14,19H,5,11-12H2,1-4H3,(H,23,26)/t19-/m0/s1. The van der Waals surface area contributed by atoms with Gasteiger partial charge >= 0.3 is 5.97 Å². The van der Waals surface area contributed by atoms with E-state index in [9.17, 15) is 14.4 Å². The third kappa shape index (κ3) is 6.67. The van der Waals surface area contributed by atoms with Crippen molar-refractivity contribution < 1.29 is 19.1 Å². The van der Waals surface area contributed by atoms with Crippen molar-refractivity contribution in [2.24, 2.45) is 5.92 Å². The molecule has 156 valence electrons. The Kier molecular flexibility index (Phi) is 8.33. The summed E-state index contributed by atoms with van der Waals surface area (Å²) in [4.78, 5) is 42.4. The molecular formula is C21H27N3O4S. The fraction of sp³-hybridized carbons (Fsp3) is 0.429. The molecule has 0 fully saturated rings. The van der Waals surface area contributed by atoms with Gasteiger partial charge in [0, 0.05) is 18.8 Å². The van der Waals surface area contributed by atoms with Crippen molar-refractivity contribution in [3.63, 3.8) is 0 Å². The second kappa shape index (κ2) is 10.7. The van der Waals surface area contributed by atoms with Crippen LogP contribution in [0, 0.1) is 5.92 Å². The Morgan fingerprint density at radius 2 is 1.90 bits per heavy atom. The number of ether oxygens (including phenoxy) is 1. The van der Waals surface area contributed by atoms with E-state index >= 15 is 0 Å². The van der Waals surface area contributed by atoms with Gasteiger partial charge in [0.15, 0.2) is 5.13 Å². The van der Waals surface area contributed by atoms with E-state index in [-0.39, 0.29) is 30.8 Å². The van der Waals surface area contributed by atoms with Crippen LogP contribution < -0.4 is 10.2 Å². The summed E-state index contributed by atoms with van der Waals surface area (Å²) >= 11 is 1.32. The summed E-state index contributed by atoms with van der Waals surface area (Å²) in [6.07, 6.45) is 0.199. The smallest absolute Gasteiger partial charge is 0.329 e. The number of esters is 1. The third-order valence-corrected chi connectivity index (χ3v) is 5.19. The van der Waals surface area contributed by atoms with Crippen LogP contribution >= 0.6 is 11.3 Å². The van der Waals surface area contributed by atoms with Crippen molar-refractivity contribution in [2.45, 2.75) is 46.8 Å². The predicted molar refractivity (Wildman–Crippen MR) is 113 cm³/mol. The van der Waals surface area contributed by atoms with Crippen molar-refractivity contribution in [1.82, 2.24) is 10.3 Å². The molecule has 1 aromatic heterocycles. The van der Waals surface area contributed by atoms with Gasteiger partial charge in [-0.05, 0) is 18.4 Å². The zero-order chi connectivity index (χ0) is 21.4. The lowest BCUT2D eigenvalue weighted by Crippen LogP contribution is -2.45. The summed E-state index contributed by atoms with van der Waals surface area (Å²) in [7, 11) is 0. The second-order valence-corrected chi connectivity index (χ2v) is 7.78. The van der Waals surface area contributed by atoms with Crippen molar-refractivity contribution in [1.29, 1.82) is 0 Å². The fourth-order valence-electron chi connectivity index (χ4n) is 2.72. The average molecular weight is 418 g/mol. The molecule has 0 saturated carbocycles. The van der Waals surface area contributed by atoms with E-state index in [0.717, 1.165) is 5.56 Å². The highest BCUT2D eigenvalue weighted by Crippen LogP contribution is 2.21. The van der Waals surface area contributed by atoms with Crippen LogP contribution in [0.5, 0.6) is 0 Å². The van der Waals surface area contributed by atoms with Crippen LogP contribution in [0.3, 0.4) is 0 Å². The molecule has 2 rings (SSSR count). The maximum atomic E-state index is 12.5. The van der Waals surface area contributed by atoms with E-state index in [2.05, 4.69) is 10.3 Å². The number of carbonyl (C=O) groups excluding carboxylic acids is 3. The molecule has 29 heavy (non-hydrogen) atoms. The van der Waals surface area contributed by atoms with E-state index < -0.39 is 12.0 Å². The van der Waals surface area contributed by atoms with Crippen LogP contribution in [0.25, 0.3) is 0 Å². The Hall–Kier alpha value is -2.74. The van der Waals surface area contributed by atoms with Gasteiger partial charge < -0.3 is 10.1 Å². The number of aromatic nitrogens is 1. The number of rotatable bonds is 9. The molecule has 0 radical (unpaired) electrons. The monoisotopic (exact) mass is 417 g/mol. The van der Waals surface area contributed by atoms with Crippen LogP contribution in [-0.2, 0) is 32.1 Å². The number of benzene rings is 1. The van der Waals surface area contributed by atoms with E-state index in [0.29, 0.717) is 17.4 Å². The summed E-state index contributed by atoms with van der Waals surface area (Å²) in [5, 5.41) is 5.09. The zero-order valence-corrected chi connectivity index (χ0v) is 18.0. The average Bonchev–Trinajstić information content (AvgIpc) is 3.13. The first-order valence-corrected chi connectivity index (χ1v) is 10.4. The van der Waals surface area contributed by atoms with E-state index in [4.69, 9.17) is 4.74 Å². The molecule has 8 heteroatoms. The van der Waals surface area contributed by atoms with Crippen LogP contribution in [0.15, 0.2) is 35.7 Å². The van der Waals surface area contributed by atoms with Crippen molar-refractivity contribution in [2.75, 3.05) is 11.4 Å². The largest absolute Gasteiger partial charge is 0.458 e. The molecular weight excluding hydrogens is 390 g/mol. The highest BCUT2D eigenvalue weighted by molar-refractivity contribution is 7.14. The molecule has 0 saturated heterocycles. The van der Waals surface area contributed by atoms with Crippen LogP contribution in [0.2, 0.25) is 0 Å². The van der Waals surface area contributed by atoms with Crippen LogP contribution in [0.4, 0.5) is 5.13 Å². The minimum atomic E-state index is -0.742. The minimum absolute atomic E-state index is 0.0113. The van der Waals surface area contributed by atoms with E-state index in [1.54, 1.807) is 10.3 Å². The van der Waals surface area contributed by atoms with Crippen molar-refractivity contribution in [3.8, 4) is 0 Å². The van der Waals surface area contributed by atoms with Crippen LogP contribution in [-0.4, -0.2) is 35.4 Å². The van der Waals surface area contributed by atoms with E-state index in [1.165, 1.54) is 18.3 Å². The zero-order valence-electron chi connectivity index (χ0n) is 17.2. The Bertz CT molecular complexity index is 835. The number of hydrogen-bond donors (Lipinski definition) is 1. The number of carbonyl (C=O) groups is 3. The Labute approximate surface area is 175 Å². The number of nitrogens with one attached hydrogen (secondary N) is 1. The molecule has 0 aliphatic rings. The summed E-state index contributed by atoms with van der Waals surface area (Å²) < 4.78 is 5.38. The first-order chi connectivity index (χ1) is 13.8. The van der Waals surface area contributed by atoms with Gasteiger partial charge in [0.25, 0.3) is 0 Å². The summed E-state index contributed by atoms with van der Waals surface area (Å²) in [5.41, 5.74) is 1.44. The first kappa shape index (κ1) is 22.5.